The van der Waals surface area contributed by atoms with Gasteiger partial charge in [-0.3, -0.25) is 4.31 Å². The topological polar surface area (TPSA) is 58.6 Å². The van der Waals surface area contributed by atoms with Crippen LogP contribution in [0.15, 0.2) is 39.0 Å². The van der Waals surface area contributed by atoms with Gasteiger partial charge in [0.1, 0.15) is 0 Å². The van der Waals surface area contributed by atoms with Crippen molar-refractivity contribution in [2.24, 2.45) is 0 Å². The molecule has 1 aromatic heterocycles. The molecule has 1 N–H and O–H groups in total. The van der Waals surface area contributed by atoms with E-state index in [9.17, 15) is 8.42 Å². The van der Waals surface area contributed by atoms with E-state index in [1.54, 1.807) is 37.6 Å². The maximum Gasteiger partial charge on any atom is 0.264 e. The summed E-state index contributed by atoms with van der Waals surface area (Å²) in [4.78, 5) is 1.35. The number of halogens is 1. The van der Waals surface area contributed by atoms with Crippen LogP contribution in [0.3, 0.4) is 0 Å². The molecule has 2 heterocycles. The Morgan fingerprint density at radius 3 is 2.88 bits per heavy atom. The molecule has 130 valence electrons. The second-order valence-electron chi connectivity index (χ2n) is 5.54. The number of benzene rings is 1. The van der Waals surface area contributed by atoms with Crippen LogP contribution < -0.4 is 9.62 Å². The Labute approximate surface area is 154 Å². The van der Waals surface area contributed by atoms with Crippen LogP contribution in [0.25, 0.3) is 0 Å². The second-order valence-corrected chi connectivity index (χ2v) is 9.94. The maximum atomic E-state index is 13.0. The Kier molecular flexibility index (Phi) is 5.31. The Balaban J connectivity index is 2.12. The third-order valence-corrected chi connectivity index (χ3v) is 7.59. The van der Waals surface area contributed by atoms with Crippen molar-refractivity contribution in [1.82, 2.24) is 5.32 Å². The normalized spacial score (nSPS) is 18.8. The van der Waals surface area contributed by atoms with Gasteiger partial charge in [0.25, 0.3) is 10.0 Å². The number of ether oxygens (including phenoxy) is 1. The Bertz CT molecular complexity index is 836. The van der Waals surface area contributed by atoms with E-state index in [0.717, 1.165) is 27.2 Å². The Morgan fingerprint density at radius 1 is 1.38 bits per heavy atom. The summed E-state index contributed by atoms with van der Waals surface area (Å²) in [7, 11) is -0.285. The van der Waals surface area contributed by atoms with Gasteiger partial charge in [0.2, 0.25) is 0 Å². The monoisotopic (exact) mass is 430 g/mol. The minimum absolute atomic E-state index is 0.163. The molecular formula is C16H19BrN2O3S2. The molecule has 1 aliphatic heterocycles. The average molecular weight is 431 g/mol. The highest BCUT2D eigenvalue weighted by molar-refractivity contribution is 9.11. The summed E-state index contributed by atoms with van der Waals surface area (Å²) in [5.74, 6) is 0. The fourth-order valence-corrected chi connectivity index (χ4v) is 6.10. The lowest BCUT2D eigenvalue weighted by atomic mass is 10.0. The highest BCUT2D eigenvalue weighted by atomic mass is 79.9. The molecule has 0 spiro atoms. The van der Waals surface area contributed by atoms with Crippen molar-refractivity contribution in [3.05, 3.63) is 44.6 Å². The first-order valence-corrected chi connectivity index (χ1v) is 10.6. The van der Waals surface area contributed by atoms with Crippen LogP contribution in [-0.4, -0.2) is 35.7 Å². The van der Waals surface area contributed by atoms with Gasteiger partial charge in [-0.2, -0.15) is 0 Å². The zero-order valence-corrected chi connectivity index (χ0v) is 16.7. The van der Waals surface area contributed by atoms with Gasteiger partial charge in [-0.05, 0) is 46.6 Å². The molecule has 0 saturated carbocycles. The van der Waals surface area contributed by atoms with Crippen LogP contribution in [0.2, 0.25) is 0 Å². The van der Waals surface area contributed by atoms with Gasteiger partial charge in [0, 0.05) is 20.8 Å². The minimum Gasteiger partial charge on any atom is -0.385 e. The highest BCUT2D eigenvalue weighted by Crippen LogP contribution is 2.45. The molecule has 8 heteroatoms. The number of fused-ring (bicyclic) bond motifs is 2. The summed E-state index contributed by atoms with van der Waals surface area (Å²) in [6, 6.07) is 8.92. The van der Waals surface area contributed by atoms with Gasteiger partial charge < -0.3 is 10.1 Å². The summed E-state index contributed by atoms with van der Waals surface area (Å²) >= 11 is 5.05. The molecule has 0 fully saturated rings. The molecule has 0 radical (unpaired) electrons. The number of anilines is 1. The van der Waals surface area contributed by atoms with E-state index in [1.165, 1.54) is 4.31 Å². The molecule has 0 bridgehead atoms. The van der Waals surface area contributed by atoms with Crippen molar-refractivity contribution in [2.45, 2.75) is 17.4 Å². The van der Waals surface area contributed by atoms with Crippen LogP contribution in [0, 0.1) is 0 Å². The third kappa shape index (κ3) is 3.13. The van der Waals surface area contributed by atoms with Gasteiger partial charge in [-0.15, -0.1) is 11.3 Å². The zero-order chi connectivity index (χ0) is 17.3. The standard InChI is InChI=1S/C16H19BrN2O3S2/c1-19-12-10-14(17)23-16(12)15(18-8-5-9-22-2)11-6-3-4-7-13(11)24(19,20)21/h3-4,6-7,10,15,18H,5,8-9H2,1-2H3. The number of nitrogens with one attached hydrogen (secondary N) is 1. The Hall–Kier alpha value is -0.930. The third-order valence-electron chi connectivity index (χ3n) is 4.05. The van der Waals surface area contributed by atoms with Crippen molar-refractivity contribution in [3.8, 4) is 0 Å². The van der Waals surface area contributed by atoms with Gasteiger partial charge in [-0.1, -0.05) is 18.2 Å². The van der Waals surface area contributed by atoms with Crippen molar-refractivity contribution in [1.29, 1.82) is 0 Å². The number of hydrogen-bond donors (Lipinski definition) is 1. The van der Waals surface area contributed by atoms with E-state index in [0.29, 0.717) is 17.2 Å². The van der Waals surface area contributed by atoms with Crippen molar-refractivity contribution >= 4 is 43.0 Å². The van der Waals surface area contributed by atoms with Crippen LogP contribution in [0.4, 0.5) is 5.69 Å². The van der Waals surface area contributed by atoms with E-state index in [2.05, 4.69) is 21.2 Å². The molecule has 1 atom stereocenters. The molecule has 24 heavy (non-hydrogen) atoms. The fraction of sp³-hybridized carbons (Fsp3) is 0.375. The minimum atomic E-state index is -3.57. The van der Waals surface area contributed by atoms with E-state index < -0.39 is 10.0 Å². The first kappa shape index (κ1) is 17.9. The molecule has 1 aliphatic rings. The average Bonchev–Trinajstić information content (AvgIpc) is 2.93. The van der Waals surface area contributed by atoms with Crippen LogP contribution in [-0.2, 0) is 14.8 Å². The first-order valence-electron chi connectivity index (χ1n) is 7.56. The largest absolute Gasteiger partial charge is 0.385 e. The summed E-state index contributed by atoms with van der Waals surface area (Å²) in [5, 5.41) is 3.50. The molecule has 5 nitrogen and oxygen atoms in total. The predicted molar refractivity (Wildman–Crippen MR) is 100 cm³/mol. The lowest BCUT2D eigenvalue weighted by Gasteiger charge is -2.18. The number of thiophene rings is 1. The molecule has 3 rings (SSSR count). The van der Waals surface area contributed by atoms with Crippen LogP contribution >= 0.6 is 27.3 Å². The quantitative estimate of drug-likeness (QED) is 0.738. The maximum absolute atomic E-state index is 13.0. The Morgan fingerprint density at radius 2 is 2.12 bits per heavy atom. The van der Waals surface area contributed by atoms with Crippen molar-refractivity contribution < 1.29 is 13.2 Å². The number of methoxy groups -OCH3 is 1. The van der Waals surface area contributed by atoms with E-state index in [4.69, 9.17) is 4.74 Å². The van der Waals surface area contributed by atoms with E-state index >= 15 is 0 Å². The van der Waals surface area contributed by atoms with E-state index in [-0.39, 0.29) is 6.04 Å². The second kappa shape index (κ2) is 7.13. The van der Waals surface area contributed by atoms with E-state index in [1.807, 2.05) is 18.2 Å². The molecule has 0 amide bonds. The molecular weight excluding hydrogens is 412 g/mol. The molecule has 0 aliphatic carbocycles. The number of rotatable bonds is 5. The summed E-state index contributed by atoms with van der Waals surface area (Å²) in [6.45, 7) is 1.41. The SMILES string of the molecule is COCCCNC1c2ccccc2S(=O)(=O)N(C)c2cc(Br)sc21. The predicted octanol–water partition coefficient (Wildman–Crippen LogP) is 3.36. The van der Waals surface area contributed by atoms with Crippen LogP contribution in [0.1, 0.15) is 22.9 Å². The number of sulfonamides is 1. The van der Waals surface area contributed by atoms with Crippen LogP contribution in [0.5, 0.6) is 0 Å². The van der Waals surface area contributed by atoms with Gasteiger partial charge in [-0.25, -0.2) is 8.42 Å². The molecule has 1 unspecified atom stereocenters. The number of nitrogens with zero attached hydrogens (tertiary/aromatic N) is 1. The van der Waals surface area contributed by atoms with Gasteiger partial charge >= 0.3 is 0 Å². The molecule has 1 aromatic carbocycles. The van der Waals surface area contributed by atoms with Gasteiger partial charge in [0.15, 0.2) is 0 Å². The molecule has 0 saturated heterocycles. The first-order chi connectivity index (χ1) is 11.5. The highest BCUT2D eigenvalue weighted by Gasteiger charge is 2.36. The smallest absolute Gasteiger partial charge is 0.264 e. The van der Waals surface area contributed by atoms with Gasteiger partial charge in [0.05, 0.1) is 25.3 Å². The summed E-state index contributed by atoms with van der Waals surface area (Å²) < 4.78 is 33.4. The summed E-state index contributed by atoms with van der Waals surface area (Å²) in [5.41, 5.74) is 1.50. The van der Waals surface area contributed by atoms with Crippen molar-refractivity contribution in [3.63, 3.8) is 0 Å². The lowest BCUT2D eigenvalue weighted by Crippen LogP contribution is -2.26. The molecule has 2 aromatic rings. The summed E-state index contributed by atoms with van der Waals surface area (Å²) in [6.07, 6.45) is 0.861. The number of hydrogen-bond acceptors (Lipinski definition) is 5. The lowest BCUT2D eigenvalue weighted by molar-refractivity contribution is 0.193. The fourth-order valence-electron chi connectivity index (χ4n) is 2.86. The van der Waals surface area contributed by atoms with Crippen molar-refractivity contribution in [2.75, 3.05) is 31.6 Å². The zero-order valence-electron chi connectivity index (χ0n) is 13.5.